The summed E-state index contributed by atoms with van der Waals surface area (Å²) in [6.07, 6.45) is 5.38. The molecule has 0 aliphatic carbocycles. The Morgan fingerprint density at radius 1 is 1.62 bits per heavy atom. The topological polar surface area (TPSA) is 34.9 Å². The summed E-state index contributed by atoms with van der Waals surface area (Å²) >= 11 is 0. The van der Waals surface area contributed by atoms with Crippen LogP contribution in [0.15, 0.2) is 36.7 Å². The third kappa shape index (κ3) is 1.89. The number of fused-ring (bicyclic) bond motifs is 1. The summed E-state index contributed by atoms with van der Waals surface area (Å²) in [4.78, 5) is 15.2. The molecule has 2 aromatic rings. The lowest BCUT2D eigenvalue weighted by Crippen LogP contribution is -1.97. The number of allylic oxidation sites excluding steroid dienone is 1. The lowest BCUT2D eigenvalue weighted by atomic mass is 10.2. The molecular formula is C13H14N2O. The standard InChI is InChI=1S/C13H14N2O/c1-10(2)5-7-15-8-11(9-16)12-4-3-6-14-13(12)15/h3-4,6,8-9H,1,5,7H2,2H3. The maximum absolute atomic E-state index is 10.9. The van der Waals surface area contributed by atoms with E-state index in [2.05, 4.69) is 11.6 Å². The molecular weight excluding hydrogens is 200 g/mol. The molecule has 2 aromatic heterocycles. The largest absolute Gasteiger partial charge is 0.331 e. The van der Waals surface area contributed by atoms with Crippen LogP contribution in [0.3, 0.4) is 0 Å². The zero-order valence-corrected chi connectivity index (χ0v) is 9.31. The summed E-state index contributed by atoms with van der Waals surface area (Å²) in [5, 5.41) is 0.916. The van der Waals surface area contributed by atoms with Gasteiger partial charge in [0, 0.05) is 29.9 Å². The van der Waals surface area contributed by atoms with Crippen molar-refractivity contribution in [1.29, 1.82) is 0 Å². The molecule has 0 aromatic carbocycles. The summed E-state index contributed by atoms with van der Waals surface area (Å²) in [6, 6.07) is 3.77. The normalized spacial score (nSPS) is 10.6. The van der Waals surface area contributed by atoms with Crippen LogP contribution in [0.25, 0.3) is 11.0 Å². The van der Waals surface area contributed by atoms with Crippen LogP contribution in [0.2, 0.25) is 0 Å². The van der Waals surface area contributed by atoms with E-state index in [-0.39, 0.29) is 0 Å². The van der Waals surface area contributed by atoms with Gasteiger partial charge in [0.05, 0.1) is 0 Å². The maximum atomic E-state index is 10.9. The lowest BCUT2D eigenvalue weighted by molar-refractivity contribution is 0.112. The Balaban J connectivity index is 2.45. The van der Waals surface area contributed by atoms with E-state index in [0.29, 0.717) is 5.56 Å². The molecule has 0 aliphatic heterocycles. The van der Waals surface area contributed by atoms with Gasteiger partial charge in [-0.15, -0.1) is 6.58 Å². The Labute approximate surface area is 94.4 Å². The molecule has 2 heterocycles. The van der Waals surface area contributed by atoms with E-state index in [1.54, 1.807) is 6.20 Å². The number of hydrogen-bond acceptors (Lipinski definition) is 2. The molecule has 0 N–H and O–H groups in total. The molecule has 16 heavy (non-hydrogen) atoms. The van der Waals surface area contributed by atoms with Crippen molar-refractivity contribution in [3.8, 4) is 0 Å². The highest BCUT2D eigenvalue weighted by Gasteiger charge is 2.07. The molecule has 3 heteroatoms. The number of aldehydes is 1. The zero-order valence-electron chi connectivity index (χ0n) is 9.31. The van der Waals surface area contributed by atoms with Crippen LogP contribution >= 0.6 is 0 Å². The fourth-order valence-corrected chi connectivity index (χ4v) is 1.73. The van der Waals surface area contributed by atoms with Gasteiger partial charge >= 0.3 is 0 Å². The van der Waals surface area contributed by atoms with E-state index in [1.807, 2.05) is 29.8 Å². The number of carbonyl (C=O) groups excluding carboxylic acids is 1. The van der Waals surface area contributed by atoms with Crippen molar-refractivity contribution in [3.05, 3.63) is 42.2 Å². The summed E-state index contributed by atoms with van der Waals surface area (Å²) in [7, 11) is 0. The molecule has 2 rings (SSSR count). The summed E-state index contributed by atoms with van der Waals surface area (Å²) in [5.74, 6) is 0. The van der Waals surface area contributed by atoms with Crippen molar-refractivity contribution in [2.24, 2.45) is 0 Å². The number of aromatic nitrogens is 2. The monoisotopic (exact) mass is 214 g/mol. The quantitative estimate of drug-likeness (QED) is 0.579. The molecule has 82 valence electrons. The Hall–Kier alpha value is -1.90. The molecule has 0 saturated heterocycles. The lowest BCUT2D eigenvalue weighted by Gasteiger charge is -2.03. The Kier molecular flexibility index (Phi) is 2.86. The number of nitrogens with zero attached hydrogens (tertiary/aromatic N) is 2. The van der Waals surface area contributed by atoms with Gasteiger partial charge in [0.2, 0.25) is 0 Å². The summed E-state index contributed by atoms with van der Waals surface area (Å²) < 4.78 is 2.01. The van der Waals surface area contributed by atoms with Crippen LogP contribution < -0.4 is 0 Å². The van der Waals surface area contributed by atoms with E-state index in [4.69, 9.17) is 0 Å². The summed E-state index contributed by atoms with van der Waals surface area (Å²) in [5.41, 5.74) is 2.70. The molecule has 0 bridgehead atoms. The van der Waals surface area contributed by atoms with Gasteiger partial charge in [-0.2, -0.15) is 0 Å². The predicted molar refractivity (Wildman–Crippen MR) is 64.6 cm³/mol. The van der Waals surface area contributed by atoms with Crippen LogP contribution in [-0.2, 0) is 6.54 Å². The van der Waals surface area contributed by atoms with Gasteiger partial charge in [-0.25, -0.2) is 4.98 Å². The van der Waals surface area contributed by atoms with E-state index in [9.17, 15) is 4.79 Å². The average molecular weight is 214 g/mol. The Bertz CT molecular complexity index is 540. The maximum Gasteiger partial charge on any atom is 0.152 e. The van der Waals surface area contributed by atoms with Crippen molar-refractivity contribution in [3.63, 3.8) is 0 Å². The third-order valence-corrected chi connectivity index (χ3v) is 2.57. The van der Waals surface area contributed by atoms with Gasteiger partial charge in [0.1, 0.15) is 5.65 Å². The van der Waals surface area contributed by atoms with Gasteiger partial charge in [-0.3, -0.25) is 4.79 Å². The van der Waals surface area contributed by atoms with E-state index < -0.39 is 0 Å². The number of aryl methyl sites for hydroxylation is 1. The second kappa shape index (κ2) is 4.31. The fraction of sp³-hybridized carbons (Fsp3) is 0.231. The number of hydrogen-bond donors (Lipinski definition) is 0. The van der Waals surface area contributed by atoms with Gasteiger partial charge in [-0.1, -0.05) is 5.57 Å². The minimum atomic E-state index is 0.699. The Morgan fingerprint density at radius 3 is 3.12 bits per heavy atom. The minimum Gasteiger partial charge on any atom is -0.331 e. The second-order valence-electron chi connectivity index (χ2n) is 3.98. The highest BCUT2D eigenvalue weighted by molar-refractivity contribution is 5.95. The fourth-order valence-electron chi connectivity index (χ4n) is 1.73. The molecule has 0 aliphatic rings. The highest BCUT2D eigenvalue weighted by Crippen LogP contribution is 2.18. The van der Waals surface area contributed by atoms with Crippen molar-refractivity contribution >= 4 is 17.3 Å². The van der Waals surface area contributed by atoms with E-state index in [0.717, 1.165) is 35.9 Å². The second-order valence-corrected chi connectivity index (χ2v) is 3.98. The van der Waals surface area contributed by atoms with Gasteiger partial charge in [0.25, 0.3) is 0 Å². The van der Waals surface area contributed by atoms with Crippen molar-refractivity contribution in [2.45, 2.75) is 19.9 Å². The third-order valence-electron chi connectivity index (χ3n) is 2.57. The Morgan fingerprint density at radius 2 is 2.44 bits per heavy atom. The molecule has 0 spiro atoms. The first-order chi connectivity index (χ1) is 7.72. The van der Waals surface area contributed by atoms with Gasteiger partial charge < -0.3 is 4.57 Å². The van der Waals surface area contributed by atoms with Crippen LogP contribution in [-0.4, -0.2) is 15.8 Å². The van der Waals surface area contributed by atoms with E-state index in [1.165, 1.54) is 0 Å². The van der Waals surface area contributed by atoms with Crippen LogP contribution in [0, 0.1) is 0 Å². The van der Waals surface area contributed by atoms with Crippen LogP contribution in [0.5, 0.6) is 0 Å². The SMILES string of the molecule is C=C(C)CCn1cc(C=O)c2cccnc21. The molecule has 0 amide bonds. The molecule has 3 nitrogen and oxygen atoms in total. The van der Waals surface area contributed by atoms with Crippen LogP contribution in [0.1, 0.15) is 23.7 Å². The van der Waals surface area contributed by atoms with Gasteiger partial charge in [0.15, 0.2) is 6.29 Å². The smallest absolute Gasteiger partial charge is 0.152 e. The summed E-state index contributed by atoms with van der Waals surface area (Å²) in [6.45, 7) is 6.69. The molecule has 0 atom stereocenters. The first-order valence-electron chi connectivity index (χ1n) is 5.26. The first-order valence-corrected chi connectivity index (χ1v) is 5.26. The van der Waals surface area contributed by atoms with Crippen LogP contribution in [0.4, 0.5) is 0 Å². The average Bonchev–Trinajstić information content (AvgIpc) is 2.65. The van der Waals surface area contributed by atoms with E-state index >= 15 is 0 Å². The number of rotatable bonds is 4. The minimum absolute atomic E-state index is 0.699. The molecule has 0 radical (unpaired) electrons. The van der Waals surface area contributed by atoms with Crippen molar-refractivity contribution in [1.82, 2.24) is 9.55 Å². The zero-order chi connectivity index (χ0) is 11.5. The first kappa shape index (κ1) is 10.6. The molecule has 0 saturated carbocycles. The molecule has 0 unspecified atom stereocenters. The van der Waals surface area contributed by atoms with Gasteiger partial charge in [-0.05, 0) is 25.5 Å². The molecule has 0 fully saturated rings. The number of pyridine rings is 1. The predicted octanol–water partition coefficient (Wildman–Crippen LogP) is 2.82. The van der Waals surface area contributed by atoms with Crippen molar-refractivity contribution in [2.75, 3.05) is 0 Å². The highest BCUT2D eigenvalue weighted by atomic mass is 16.1. The number of carbonyl (C=O) groups is 1. The van der Waals surface area contributed by atoms with Crippen molar-refractivity contribution < 1.29 is 4.79 Å².